The third-order valence-corrected chi connectivity index (χ3v) is 3.42. The number of amides is 2. The van der Waals surface area contributed by atoms with E-state index in [0.29, 0.717) is 32.4 Å². The smallest absolute Gasteiger partial charge is 0.303 e. The molecular weight excluding hydrogens is 272 g/mol. The summed E-state index contributed by atoms with van der Waals surface area (Å²) >= 11 is 0. The highest BCUT2D eigenvalue weighted by Gasteiger charge is 2.34. The molecule has 2 N–H and O–H groups in total. The number of carboxylic acids is 1. The molecule has 0 radical (unpaired) electrons. The molecule has 2 amide bonds. The van der Waals surface area contributed by atoms with Crippen molar-refractivity contribution in [2.45, 2.75) is 58.9 Å². The first kappa shape index (κ1) is 17.5. The largest absolute Gasteiger partial charge is 0.481 e. The first-order valence-electron chi connectivity index (χ1n) is 7.50. The van der Waals surface area contributed by atoms with E-state index >= 15 is 0 Å². The molecule has 1 aliphatic heterocycles. The van der Waals surface area contributed by atoms with Gasteiger partial charge in [0, 0.05) is 25.9 Å². The predicted octanol–water partition coefficient (Wildman–Crippen LogP) is 1.39. The molecule has 6 heteroatoms. The molecule has 0 saturated carbocycles. The number of hydrogen-bond acceptors (Lipinski definition) is 3. The van der Waals surface area contributed by atoms with E-state index in [-0.39, 0.29) is 23.7 Å². The van der Waals surface area contributed by atoms with Crippen LogP contribution >= 0.6 is 0 Å². The molecule has 0 spiro atoms. The third kappa shape index (κ3) is 6.14. The number of carbonyl (C=O) groups excluding carboxylic acids is 2. The van der Waals surface area contributed by atoms with Crippen molar-refractivity contribution in [3.05, 3.63) is 0 Å². The van der Waals surface area contributed by atoms with Crippen LogP contribution in [-0.2, 0) is 14.4 Å². The number of carbonyl (C=O) groups is 3. The maximum Gasteiger partial charge on any atom is 0.303 e. The zero-order valence-corrected chi connectivity index (χ0v) is 13.1. The summed E-state index contributed by atoms with van der Waals surface area (Å²) in [6, 6.07) is -0.398. The van der Waals surface area contributed by atoms with Crippen molar-refractivity contribution in [3.63, 3.8) is 0 Å². The van der Waals surface area contributed by atoms with E-state index in [9.17, 15) is 14.4 Å². The van der Waals surface area contributed by atoms with Crippen molar-refractivity contribution in [1.82, 2.24) is 10.2 Å². The van der Waals surface area contributed by atoms with Crippen molar-refractivity contribution >= 4 is 17.8 Å². The lowest BCUT2D eigenvalue weighted by Crippen LogP contribution is -2.46. The summed E-state index contributed by atoms with van der Waals surface area (Å²) in [5, 5.41) is 11.3. The molecule has 120 valence electrons. The van der Waals surface area contributed by atoms with Gasteiger partial charge in [-0.2, -0.15) is 0 Å². The highest BCUT2D eigenvalue weighted by atomic mass is 16.4. The van der Waals surface area contributed by atoms with Gasteiger partial charge in [-0.25, -0.2) is 0 Å². The average molecular weight is 298 g/mol. The Bertz CT molecular complexity index is 401. The molecule has 1 fully saturated rings. The van der Waals surface area contributed by atoms with E-state index < -0.39 is 12.0 Å². The lowest BCUT2D eigenvalue weighted by Gasteiger charge is -2.27. The molecule has 0 aromatic heterocycles. The van der Waals surface area contributed by atoms with Crippen LogP contribution in [0.15, 0.2) is 0 Å². The molecule has 0 aliphatic carbocycles. The quantitative estimate of drug-likeness (QED) is 0.726. The fraction of sp³-hybridized carbons (Fsp3) is 0.800. The Morgan fingerprint density at radius 2 is 1.95 bits per heavy atom. The number of carboxylic acid groups (broad SMARTS) is 1. The van der Waals surface area contributed by atoms with Crippen molar-refractivity contribution < 1.29 is 19.5 Å². The second-order valence-corrected chi connectivity index (χ2v) is 6.77. The van der Waals surface area contributed by atoms with Gasteiger partial charge in [0.25, 0.3) is 0 Å². The molecule has 21 heavy (non-hydrogen) atoms. The minimum Gasteiger partial charge on any atom is -0.481 e. The first-order valence-corrected chi connectivity index (χ1v) is 7.50. The highest BCUT2D eigenvalue weighted by molar-refractivity contribution is 5.88. The zero-order chi connectivity index (χ0) is 16.0. The summed E-state index contributed by atoms with van der Waals surface area (Å²) in [4.78, 5) is 36.5. The van der Waals surface area contributed by atoms with Gasteiger partial charge in [-0.05, 0) is 24.7 Å². The van der Waals surface area contributed by atoms with Gasteiger partial charge in [0.05, 0.1) is 0 Å². The Balaban J connectivity index is 2.46. The molecule has 6 nitrogen and oxygen atoms in total. The standard InChI is InChI=1S/C15H26N2O4/c1-15(2,3)10-12(18)17-9-5-6-11(17)14(21)16-8-4-7-13(19)20/h11H,4-10H2,1-3H3,(H,16,21)(H,19,20). The second-order valence-electron chi connectivity index (χ2n) is 6.77. The average Bonchev–Trinajstić information content (AvgIpc) is 2.81. The van der Waals surface area contributed by atoms with Gasteiger partial charge in [-0.1, -0.05) is 20.8 Å². The van der Waals surface area contributed by atoms with E-state index in [1.807, 2.05) is 20.8 Å². The minimum atomic E-state index is -0.868. The lowest BCUT2D eigenvalue weighted by molar-refractivity contribution is -0.139. The number of likely N-dealkylation sites (tertiary alicyclic amines) is 1. The van der Waals surface area contributed by atoms with Crippen LogP contribution in [-0.4, -0.2) is 46.9 Å². The van der Waals surface area contributed by atoms with Crippen LogP contribution in [0.2, 0.25) is 0 Å². The molecule has 0 bridgehead atoms. The molecular formula is C15H26N2O4. The van der Waals surface area contributed by atoms with Gasteiger partial charge in [0.2, 0.25) is 11.8 Å². The Morgan fingerprint density at radius 3 is 2.52 bits per heavy atom. The molecule has 1 heterocycles. The molecule has 1 unspecified atom stereocenters. The van der Waals surface area contributed by atoms with E-state index in [1.54, 1.807) is 4.90 Å². The number of nitrogens with zero attached hydrogens (tertiary/aromatic N) is 1. The van der Waals surface area contributed by atoms with E-state index in [0.717, 1.165) is 6.42 Å². The van der Waals surface area contributed by atoms with Gasteiger partial charge in [0.15, 0.2) is 0 Å². The molecule has 1 aliphatic rings. The van der Waals surface area contributed by atoms with Gasteiger partial charge >= 0.3 is 5.97 Å². The monoisotopic (exact) mass is 298 g/mol. The fourth-order valence-corrected chi connectivity index (χ4v) is 2.46. The van der Waals surface area contributed by atoms with Crippen molar-refractivity contribution in [1.29, 1.82) is 0 Å². The van der Waals surface area contributed by atoms with Crippen molar-refractivity contribution in [2.24, 2.45) is 5.41 Å². The maximum absolute atomic E-state index is 12.3. The Morgan fingerprint density at radius 1 is 1.29 bits per heavy atom. The van der Waals surface area contributed by atoms with Crippen LogP contribution in [0.3, 0.4) is 0 Å². The van der Waals surface area contributed by atoms with E-state index in [1.165, 1.54) is 0 Å². The maximum atomic E-state index is 12.3. The van der Waals surface area contributed by atoms with Gasteiger partial charge in [-0.15, -0.1) is 0 Å². The Labute approximate surface area is 125 Å². The predicted molar refractivity (Wildman–Crippen MR) is 78.7 cm³/mol. The number of nitrogens with one attached hydrogen (secondary N) is 1. The molecule has 0 aromatic carbocycles. The summed E-state index contributed by atoms with van der Waals surface area (Å²) in [5.74, 6) is -1.02. The summed E-state index contributed by atoms with van der Waals surface area (Å²) < 4.78 is 0. The number of hydrogen-bond donors (Lipinski definition) is 2. The summed E-state index contributed by atoms with van der Waals surface area (Å²) in [7, 11) is 0. The molecule has 1 atom stereocenters. The second kappa shape index (κ2) is 7.43. The SMILES string of the molecule is CC(C)(C)CC(=O)N1CCCC1C(=O)NCCCC(=O)O. The van der Waals surface area contributed by atoms with E-state index in [4.69, 9.17) is 5.11 Å². The topological polar surface area (TPSA) is 86.7 Å². The van der Waals surface area contributed by atoms with Crippen LogP contribution in [0.1, 0.15) is 52.9 Å². The van der Waals surface area contributed by atoms with Crippen LogP contribution in [0, 0.1) is 5.41 Å². The van der Waals surface area contributed by atoms with Gasteiger partial charge in [-0.3, -0.25) is 14.4 Å². The van der Waals surface area contributed by atoms with Crippen LogP contribution < -0.4 is 5.32 Å². The summed E-state index contributed by atoms with van der Waals surface area (Å²) in [6.45, 7) is 6.97. The van der Waals surface area contributed by atoms with Crippen LogP contribution in [0.4, 0.5) is 0 Å². The molecule has 1 saturated heterocycles. The van der Waals surface area contributed by atoms with Crippen molar-refractivity contribution in [2.75, 3.05) is 13.1 Å². The Kier molecular flexibility index (Phi) is 6.18. The van der Waals surface area contributed by atoms with Crippen molar-refractivity contribution in [3.8, 4) is 0 Å². The molecule has 0 aromatic rings. The Hall–Kier alpha value is -1.59. The minimum absolute atomic E-state index is 0.0192. The number of aliphatic carboxylic acids is 1. The van der Waals surface area contributed by atoms with Gasteiger partial charge < -0.3 is 15.3 Å². The van der Waals surface area contributed by atoms with E-state index in [2.05, 4.69) is 5.32 Å². The lowest BCUT2D eigenvalue weighted by atomic mass is 9.91. The normalized spacial score (nSPS) is 18.6. The molecule has 1 rings (SSSR count). The summed E-state index contributed by atoms with van der Waals surface area (Å²) in [6.07, 6.45) is 2.39. The fourth-order valence-electron chi connectivity index (χ4n) is 2.46. The van der Waals surface area contributed by atoms with Crippen LogP contribution in [0.5, 0.6) is 0 Å². The van der Waals surface area contributed by atoms with Crippen LogP contribution in [0.25, 0.3) is 0 Å². The van der Waals surface area contributed by atoms with Gasteiger partial charge in [0.1, 0.15) is 6.04 Å². The number of rotatable bonds is 6. The summed E-state index contributed by atoms with van der Waals surface area (Å²) in [5.41, 5.74) is -0.0951. The highest BCUT2D eigenvalue weighted by Crippen LogP contribution is 2.24. The third-order valence-electron chi connectivity index (χ3n) is 3.42. The first-order chi connectivity index (χ1) is 9.70. The zero-order valence-electron chi connectivity index (χ0n) is 13.1.